The van der Waals surface area contributed by atoms with E-state index in [9.17, 15) is 4.79 Å². The maximum atomic E-state index is 12.1. The first-order valence-electron chi connectivity index (χ1n) is 6.27. The van der Waals surface area contributed by atoms with Crippen molar-refractivity contribution in [2.45, 2.75) is 39.0 Å². The summed E-state index contributed by atoms with van der Waals surface area (Å²) in [7, 11) is 0. The fraction of sp³-hybridized carbons (Fsp3) is 0.500. The normalized spacial score (nSPS) is 15.2. The summed E-state index contributed by atoms with van der Waals surface area (Å²) >= 11 is 3.40. The Morgan fingerprint density at radius 1 is 1.44 bits per heavy atom. The zero-order valence-electron chi connectivity index (χ0n) is 10.5. The molecule has 0 saturated carbocycles. The summed E-state index contributed by atoms with van der Waals surface area (Å²) in [6.07, 6.45) is 2.06. The van der Waals surface area contributed by atoms with Gasteiger partial charge >= 0.3 is 0 Å². The van der Waals surface area contributed by atoms with Crippen LogP contribution in [0.5, 0.6) is 0 Å². The van der Waals surface area contributed by atoms with Crippen molar-refractivity contribution in [2.75, 3.05) is 5.33 Å². The Labute approximate surface area is 116 Å². The van der Waals surface area contributed by atoms with Crippen LogP contribution in [0.1, 0.15) is 41.3 Å². The van der Waals surface area contributed by atoms with Crippen LogP contribution in [0, 0.1) is 0 Å². The third-order valence-electron chi connectivity index (χ3n) is 3.13. The Morgan fingerprint density at radius 2 is 2.22 bits per heavy atom. The van der Waals surface area contributed by atoms with Gasteiger partial charge in [0.05, 0.1) is 13.2 Å². The molecule has 98 valence electrons. The van der Waals surface area contributed by atoms with E-state index in [1.54, 1.807) is 0 Å². The molecule has 1 aliphatic heterocycles. The second-order valence-electron chi connectivity index (χ2n) is 4.68. The van der Waals surface area contributed by atoms with Crippen molar-refractivity contribution >= 4 is 21.8 Å². The van der Waals surface area contributed by atoms with Crippen LogP contribution in [0.15, 0.2) is 18.2 Å². The van der Waals surface area contributed by atoms with Crippen molar-refractivity contribution in [1.29, 1.82) is 0 Å². The number of hydrogen-bond donors (Lipinski definition) is 1. The number of carbonyl (C=O) groups is 1. The average molecular weight is 312 g/mol. The molecular formula is C14H18BrNO2. The number of amides is 1. The lowest BCUT2D eigenvalue weighted by atomic mass is 10.1. The maximum absolute atomic E-state index is 12.1. The van der Waals surface area contributed by atoms with Crippen LogP contribution in [0.4, 0.5) is 0 Å². The smallest absolute Gasteiger partial charge is 0.251 e. The predicted octanol–water partition coefficient (Wildman–Crippen LogP) is 3.01. The molecule has 3 nitrogen and oxygen atoms in total. The molecule has 18 heavy (non-hydrogen) atoms. The fourth-order valence-corrected chi connectivity index (χ4v) is 2.40. The predicted molar refractivity (Wildman–Crippen MR) is 74.9 cm³/mol. The van der Waals surface area contributed by atoms with Crippen LogP contribution in [0.2, 0.25) is 0 Å². The van der Waals surface area contributed by atoms with Gasteiger partial charge in [-0.3, -0.25) is 4.79 Å². The van der Waals surface area contributed by atoms with Crippen molar-refractivity contribution in [3.8, 4) is 0 Å². The minimum atomic E-state index is 0.00627. The largest absolute Gasteiger partial charge is 0.372 e. The van der Waals surface area contributed by atoms with E-state index in [-0.39, 0.29) is 11.9 Å². The average Bonchev–Trinajstić information content (AvgIpc) is 2.83. The first-order valence-corrected chi connectivity index (χ1v) is 7.39. The molecule has 1 aromatic carbocycles. The molecule has 1 heterocycles. The minimum absolute atomic E-state index is 0.00627. The van der Waals surface area contributed by atoms with Crippen LogP contribution in [-0.4, -0.2) is 17.3 Å². The van der Waals surface area contributed by atoms with E-state index in [0.717, 1.165) is 29.3 Å². The summed E-state index contributed by atoms with van der Waals surface area (Å²) in [6.45, 7) is 3.32. The highest BCUT2D eigenvalue weighted by atomic mass is 79.9. The van der Waals surface area contributed by atoms with Crippen LogP contribution >= 0.6 is 15.9 Å². The number of fused-ring (bicyclic) bond motifs is 1. The topological polar surface area (TPSA) is 38.3 Å². The first kappa shape index (κ1) is 13.6. The SMILES string of the molecule is CC(CCCBr)NC(=O)c1ccc2c(c1)COC2. The van der Waals surface area contributed by atoms with Gasteiger partial charge in [-0.05, 0) is 43.0 Å². The highest BCUT2D eigenvalue weighted by molar-refractivity contribution is 9.09. The van der Waals surface area contributed by atoms with E-state index in [0.29, 0.717) is 13.2 Å². The highest BCUT2D eigenvalue weighted by Gasteiger charge is 2.15. The minimum Gasteiger partial charge on any atom is -0.372 e. The number of carbonyl (C=O) groups excluding carboxylic acids is 1. The Hall–Kier alpha value is -0.870. The Bertz CT molecular complexity index is 434. The van der Waals surface area contributed by atoms with Crippen LogP contribution in [0.3, 0.4) is 0 Å². The van der Waals surface area contributed by atoms with E-state index in [4.69, 9.17) is 4.74 Å². The number of hydrogen-bond acceptors (Lipinski definition) is 2. The lowest BCUT2D eigenvalue weighted by Gasteiger charge is -2.13. The van der Waals surface area contributed by atoms with Crippen molar-refractivity contribution in [1.82, 2.24) is 5.32 Å². The number of benzene rings is 1. The van der Waals surface area contributed by atoms with Gasteiger partial charge in [-0.2, -0.15) is 0 Å². The van der Waals surface area contributed by atoms with Gasteiger partial charge in [-0.1, -0.05) is 22.0 Å². The van der Waals surface area contributed by atoms with E-state index < -0.39 is 0 Å². The molecular weight excluding hydrogens is 294 g/mol. The Kier molecular flexibility index (Phi) is 4.78. The van der Waals surface area contributed by atoms with Crippen LogP contribution in [-0.2, 0) is 18.0 Å². The lowest BCUT2D eigenvalue weighted by Crippen LogP contribution is -2.32. The molecule has 0 aliphatic carbocycles. The maximum Gasteiger partial charge on any atom is 0.251 e. The Morgan fingerprint density at radius 3 is 3.00 bits per heavy atom. The molecule has 1 aromatic rings. The van der Waals surface area contributed by atoms with Gasteiger partial charge in [-0.25, -0.2) is 0 Å². The Balaban J connectivity index is 1.96. The molecule has 1 aliphatic rings. The van der Waals surface area contributed by atoms with Crippen LogP contribution < -0.4 is 5.32 Å². The molecule has 0 aromatic heterocycles. The van der Waals surface area contributed by atoms with Gasteiger partial charge in [0, 0.05) is 16.9 Å². The summed E-state index contributed by atoms with van der Waals surface area (Å²) in [5, 5.41) is 4.00. The van der Waals surface area contributed by atoms with Gasteiger partial charge in [-0.15, -0.1) is 0 Å². The standard InChI is InChI=1S/C14H18BrNO2/c1-10(3-2-6-15)16-14(17)11-4-5-12-8-18-9-13(12)7-11/h4-5,7,10H,2-3,6,8-9H2,1H3,(H,16,17). The van der Waals surface area contributed by atoms with Gasteiger partial charge < -0.3 is 10.1 Å². The zero-order valence-corrected chi connectivity index (χ0v) is 12.1. The second kappa shape index (κ2) is 6.34. The van der Waals surface area contributed by atoms with Gasteiger partial charge in [0.15, 0.2) is 0 Å². The zero-order chi connectivity index (χ0) is 13.0. The molecule has 1 atom stereocenters. The van der Waals surface area contributed by atoms with E-state index in [1.165, 1.54) is 5.56 Å². The number of halogens is 1. The summed E-state index contributed by atoms with van der Waals surface area (Å²) in [5.74, 6) is 0.00627. The number of rotatable bonds is 5. The molecule has 0 fully saturated rings. The third-order valence-corrected chi connectivity index (χ3v) is 3.69. The summed E-state index contributed by atoms with van der Waals surface area (Å²) < 4.78 is 5.35. The molecule has 2 rings (SSSR count). The van der Waals surface area contributed by atoms with Gasteiger partial charge in [0.1, 0.15) is 0 Å². The summed E-state index contributed by atoms with van der Waals surface area (Å²) in [4.78, 5) is 12.1. The quantitative estimate of drug-likeness (QED) is 0.849. The number of alkyl halides is 1. The molecule has 0 spiro atoms. The summed E-state index contributed by atoms with van der Waals surface area (Å²) in [6, 6.07) is 6.01. The summed E-state index contributed by atoms with van der Waals surface area (Å²) in [5.41, 5.74) is 3.06. The van der Waals surface area contributed by atoms with E-state index in [1.807, 2.05) is 25.1 Å². The second-order valence-corrected chi connectivity index (χ2v) is 5.48. The molecule has 1 N–H and O–H groups in total. The monoisotopic (exact) mass is 311 g/mol. The van der Waals surface area contributed by atoms with Crippen molar-refractivity contribution in [3.63, 3.8) is 0 Å². The van der Waals surface area contributed by atoms with E-state index in [2.05, 4.69) is 21.2 Å². The van der Waals surface area contributed by atoms with Crippen molar-refractivity contribution in [2.24, 2.45) is 0 Å². The lowest BCUT2D eigenvalue weighted by molar-refractivity contribution is 0.0938. The van der Waals surface area contributed by atoms with Gasteiger partial charge in [0.25, 0.3) is 5.91 Å². The fourth-order valence-electron chi connectivity index (χ4n) is 2.08. The molecule has 1 amide bonds. The number of ether oxygens (including phenoxy) is 1. The van der Waals surface area contributed by atoms with Crippen LogP contribution in [0.25, 0.3) is 0 Å². The molecule has 0 radical (unpaired) electrons. The molecule has 0 saturated heterocycles. The van der Waals surface area contributed by atoms with Crippen molar-refractivity contribution < 1.29 is 9.53 Å². The third kappa shape index (κ3) is 3.33. The molecule has 1 unspecified atom stereocenters. The first-order chi connectivity index (χ1) is 8.70. The highest BCUT2D eigenvalue weighted by Crippen LogP contribution is 2.20. The van der Waals surface area contributed by atoms with E-state index >= 15 is 0 Å². The molecule has 4 heteroatoms. The molecule has 0 bridgehead atoms. The van der Waals surface area contributed by atoms with Crippen molar-refractivity contribution in [3.05, 3.63) is 34.9 Å². The van der Waals surface area contributed by atoms with Gasteiger partial charge in [0.2, 0.25) is 0 Å². The number of nitrogens with one attached hydrogen (secondary N) is 1.